The third kappa shape index (κ3) is 13.6. The molecule has 1 unspecified atom stereocenters. The summed E-state index contributed by atoms with van der Waals surface area (Å²) in [7, 11) is 0. The monoisotopic (exact) mass is 276 g/mol. The highest BCUT2D eigenvalue weighted by atomic mass is 14.1. The number of hydrogen-bond donors (Lipinski definition) is 0. The quantitative estimate of drug-likeness (QED) is 0.291. The van der Waals surface area contributed by atoms with Gasteiger partial charge in [-0.15, -0.1) is 0 Å². The molecule has 0 aromatic carbocycles. The first-order chi connectivity index (χ1) is 9.41. The van der Waals surface area contributed by atoms with Crippen LogP contribution < -0.4 is 0 Å². The van der Waals surface area contributed by atoms with Gasteiger partial charge in [-0.05, 0) is 79.1 Å². The zero-order valence-corrected chi connectivity index (χ0v) is 14.8. The highest BCUT2D eigenvalue weighted by Crippen LogP contribution is 2.16. The summed E-state index contributed by atoms with van der Waals surface area (Å²) in [5.74, 6) is 0.866. The fourth-order valence-corrected chi connectivity index (χ4v) is 2.31. The summed E-state index contributed by atoms with van der Waals surface area (Å²) < 4.78 is 0. The van der Waals surface area contributed by atoms with E-state index in [2.05, 4.69) is 59.8 Å². The highest BCUT2D eigenvalue weighted by Gasteiger charge is 2.00. The molecule has 0 aliphatic heterocycles. The van der Waals surface area contributed by atoms with Gasteiger partial charge in [0.05, 0.1) is 0 Å². The van der Waals surface area contributed by atoms with Crippen LogP contribution in [0, 0.1) is 5.92 Å². The van der Waals surface area contributed by atoms with Crippen molar-refractivity contribution in [1.29, 1.82) is 0 Å². The Morgan fingerprint density at radius 3 is 1.95 bits per heavy atom. The molecule has 0 nitrogen and oxygen atoms in total. The van der Waals surface area contributed by atoms with Gasteiger partial charge >= 0.3 is 0 Å². The lowest BCUT2D eigenvalue weighted by Crippen LogP contribution is -1.93. The molecule has 116 valence electrons. The van der Waals surface area contributed by atoms with Gasteiger partial charge in [0.2, 0.25) is 0 Å². The maximum atomic E-state index is 2.45. The van der Waals surface area contributed by atoms with Gasteiger partial charge < -0.3 is 0 Å². The molecule has 0 heterocycles. The second-order valence-corrected chi connectivity index (χ2v) is 6.77. The summed E-state index contributed by atoms with van der Waals surface area (Å²) in [6, 6.07) is 0. The standard InChI is InChI=1S/C20H36/c1-17(2)11-9-15-19(5)13-7-8-14-20(6)16-10-12-18(3)4/h11-13,20H,7-10,14-16H2,1-6H3. The first-order valence-electron chi connectivity index (χ1n) is 8.34. The Hall–Kier alpha value is -0.780. The molecule has 0 aromatic rings. The molecule has 0 heteroatoms. The van der Waals surface area contributed by atoms with Gasteiger partial charge in [0.1, 0.15) is 0 Å². The van der Waals surface area contributed by atoms with Crippen molar-refractivity contribution in [2.75, 3.05) is 0 Å². The Labute approximate surface area is 128 Å². The van der Waals surface area contributed by atoms with Crippen LogP contribution in [0.15, 0.2) is 34.9 Å². The zero-order valence-electron chi connectivity index (χ0n) is 14.8. The minimum atomic E-state index is 0.866. The molecule has 1 atom stereocenters. The molecule has 0 fully saturated rings. The first-order valence-corrected chi connectivity index (χ1v) is 8.34. The fourth-order valence-electron chi connectivity index (χ4n) is 2.31. The summed E-state index contributed by atoms with van der Waals surface area (Å²) in [6.07, 6.45) is 16.1. The lowest BCUT2D eigenvalue weighted by atomic mass is 9.97. The Balaban J connectivity index is 3.67. The van der Waals surface area contributed by atoms with Crippen LogP contribution in [-0.4, -0.2) is 0 Å². The lowest BCUT2D eigenvalue weighted by molar-refractivity contribution is 0.480. The van der Waals surface area contributed by atoms with Crippen molar-refractivity contribution in [2.24, 2.45) is 5.92 Å². The van der Waals surface area contributed by atoms with E-state index in [1.54, 1.807) is 5.57 Å². The van der Waals surface area contributed by atoms with E-state index in [4.69, 9.17) is 0 Å². The number of allylic oxidation sites excluding steroid dienone is 6. The number of hydrogen-bond acceptors (Lipinski definition) is 0. The maximum absolute atomic E-state index is 2.45. The molecule has 0 aliphatic rings. The average molecular weight is 277 g/mol. The van der Waals surface area contributed by atoms with Crippen LogP contribution in [0.25, 0.3) is 0 Å². The van der Waals surface area contributed by atoms with Crippen molar-refractivity contribution in [3.63, 3.8) is 0 Å². The van der Waals surface area contributed by atoms with E-state index in [-0.39, 0.29) is 0 Å². The van der Waals surface area contributed by atoms with E-state index in [1.807, 2.05) is 0 Å². The Kier molecular flexibility index (Phi) is 11.5. The summed E-state index contributed by atoms with van der Waals surface area (Å²) in [4.78, 5) is 0. The fraction of sp³-hybridized carbons (Fsp3) is 0.700. The van der Waals surface area contributed by atoms with Crippen LogP contribution in [0.1, 0.15) is 86.5 Å². The average Bonchev–Trinajstić information content (AvgIpc) is 2.33. The molecule has 0 N–H and O–H groups in total. The second kappa shape index (κ2) is 12.0. The Bertz CT molecular complexity index is 320. The molecule has 0 amide bonds. The minimum absolute atomic E-state index is 0.866. The maximum Gasteiger partial charge on any atom is -0.0288 e. The van der Waals surface area contributed by atoms with E-state index in [1.165, 1.54) is 56.1 Å². The highest BCUT2D eigenvalue weighted by molar-refractivity contribution is 5.02. The van der Waals surface area contributed by atoms with Crippen LogP contribution in [0.3, 0.4) is 0 Å². The molecule has 20 heavy (non-hydrogen) atoms. The van der Waals surface area contributed by atoms with Crippen LogP contribution in [0.5, 0.6) is 0 Å². The zero-order chi connectivity index (χ0) is 15.4. The lowest BCUT2D eigenvalue weighted by Gasteiger charge is -2.09. The SMILES string of the molecule is CC(C)=CCCC(C)=CCCCC(C)CCC=C(C)C. The van der Waals surface area contributed by atoms with Gasteiger partial charge in [-0.1, -0.05) is 48.3 Å². The van der Waals surface area contributed by atoms with Gasteiger partial charge in [0.25, 0.3) is 0 Å². The molecular weight excluding hydrogens is 240 g/mol. The molecular formula is C20H36. The van der Waals surface area contributed by atoms with Gasteiger partial charge in [0.15, 0.2) is 0 Å². The van der Waals surface area contributed by atoms with Crippen LogP contribution in [0.4, 0.5) is 0 Å². The molecule has 0 spiro atoms. The first kappa shape index (κ1) is 19.2. The topological polar surface area (TPSA) is 0 Å². The predicted molar refractivity (Wildman–Crippen MR) is 94.1 cm³/mol. The number of rotatable bonds is 10. The van der Waals surface area contributed by atoms with Gasteiger partial charge in [-0.2, -0.15) is 0 Å². The Morgan fingerprint density at radius 1 is 0.750 bits per heavy atom. The van der Waals surface area contributed by atoms with Crippen molar-refractivity contribution in [3.8, 4) is 0 Å². The summed E-state index contributed by atoms with van der Waals surface area (Å²) in [5.41, 5.74) is 4.44. The van der Waals surface area contributed by atoms with E-state index in [9.17, 15) is 0 Å². The third-order valence-electron chi connectivity index (χ3n) is 3.70. The van der Waals surface area contributed by atoms with Crippen molar-refractivity contribution in [1.82, 2.24) is 0 Å². The van der Waals surface area contributed by atoms with Crippen LogP contribution >= 0.6 is 0 Å². The van der Waals surface area contributed by atoms with E-state index < -0.39 is 0 Å². The van der Waals surface area contributed by atoms with Gasteiger partial charge in [0, 0.05) is 0 Å². The summed E-state index contributed by atoms with van der Waals surface area (Å²) >= 11 is 0. The number of unbranched alkanes of at least 4 members (excludes halogenated alkanes) is 1. The van der Waals surface area contributed by atoms with Crippen LogP contribution in [-0.2, 0) is 0 Å². The van der Waals surface area contributed by atoms with E-state index >= 15 is 0 Å². The largest absolute Gasteiger partial charge is 0.0859 e. The van der Waals surface area contributed by atoms with Crippen molar-refractivity contribution in [3.05, 3.63) is 34.9 Å². The third-order valence-corrected chi connectivity index (χ3v) is 3.70. The molecule has 0 bridgehead atoms. The smallest absolute Gasteiger partial charge is 0.0288 e. The summed E-state index contributed by atoms with van der Waals surface area (Å²) in [5, 5.41) is 0. The minimum Gasteiger partial charge on any atom is -0.0859 e. The molecule has 0 radical (unpaired) electrons. The molecule has 0 aromatic heterocycles. The Morgan fingerprint density at radius 2 is 1.35 bits per heavy atom. The molecule has 0 saturated heterocycles. The van der Waals surface area contributed by atoms with Crippen molar-refractivity contribution >= 4 is 0 Å². The predicted octanol–water partition coefficient (Wildman–Crippen LogP) is 7.23. The molecule has 0 aliphatic carbocycles. The van der Waals surface area contributed by atoms with Gasteiger partial charge in [-0.25, -0.2) is 0 Å². The normalized spacial score (nSPS) is 13.0. The second-order valence-electron chi connectivity index (χ2n) is 6.77. The van der Waals surface area contributed by atoms with Crippen molar-refractivity contribution < 1.29 is 0 Å². The van der Waals surface area contributed by atoms with Gasteiger partial charge in [-0.3, -0.25) is 0 Å². The molecule has 0 saturated carbocycles. The van der Waals surface area contributed by atoms with E-state index in [0.717, 1.165) is 5.92 Å². The van der Waals surface area contributed by atoms with Crippen LogP contribution in [0.2, 0.25) is 0 Å². The summed E-state index contributed by atoms with van der Waals surface area (Å²) in [6.45, 7) is 13.4. The van der Waals surface area contributed by atoms with E-state index in [0.29, 0.717) is 0 Å². The molecule has 0 rings (SSSR count). The van der Waals surface area contributed by atoms with Crippen molar-refractivity contribution in [2.45, 2.75) is 86.5 Å².